The van der Waals surface area contributed by atoms with Crippen molar-refractivity contribution >= 4 is 6.40 Å². The van der Waals surface area contributed by atoms with Gasteiger partial charge in [-0.25, -0.2) is 0 Å². The number of aliphatic imine (C=N–C) groups is 1. The molecule has 0 saturated heterocycles. The van der Waals surface area contributed by atoms with Gasteiger partial charge in [-0.15, -0.1) is 0 Å². The van der Waals surface area contributed by atoms with Gasteiger partial charge in [0.25, 0.3) is 0 Å². The average molecular weight is 237 g/mol. The Morgan fingerprint density at radius 2 is 1.29 bits per heavy atom. The molecule has 2 heteroatoms. The van der Waals surface area contributed by atoms with Crippen molar-refractivity contribution in [2.45, 2.75) is 64.2 Å². The summed E-state index contributed by atoms with van der Waals surface area (Å²) in [7, 11) is 0. The van der Waals surface area contributed by atoms with Crippen LogP contribution in [0.15, 0.2) is 4.99 Å². The molecule has 0 aromatic carbocycles. The van der Waals surface area contributed by atoms with E-state index < -0.39 is 0 Å². The summed E-state index contributed by atoms with van der Waals surface area (Å²) < 4.78 is 4.65. The first-order valence-corrected chi connectivity index (χ1v) is 7.57. The van der Waals surface area contributed by atoms with Gasteiger partial charge < -0.3 is 4.74 Å². The molecular weight excluding hydrogens is 210 g/mol. The van der Waals surface area contributed by atoms with Crippen LogP contribution in [-0.4, -0.2) is 19.6 Å². The number of hydrogen-bond acceptors (Lipinski definition) is 2. The van der Waals surface area contributed by atoms with Gasteiger partial charge in [-0.05, 0) is 11.8 Å². The van der Waals surface area contributed by atoms with E-state index in [1.165, 1.54) is 44.9 Å². The monoisotopic (exact) mass is 237 g/mol. The summed E-state index contributed by atoms with van der Waals surface area (Å²) in [5.74, 6) is 2.28. The second-order valence-corrected chi connectivity index (χ2v) is 5.68. The predicted molar refractivity (Wildman–Crippen MR) is 72.5 cm³/mol. The van der Waals surface area contributed by atoms with E-state index in [9.17, 15) is 0 Å². The lowest BCUT2D eigenvalue weighted by molar-refractivity contribution is 0.196. The summed E-state index contributed by atoms with van der Waals surface area (Å²) in [6.45, 7) is 1.62. The molecule has 0 aromatic heterocycles. The van der Waals surface area contributed by atoms with Crippen LogP contribution in [-0.2, 0) is 4.74 Å². The topological polar surface area (TPSA) is 21.6 Å². The van der Waals surface area contributed by atoms with Crippen LogP contribution >= 0.6 is 0 Å². The lowest BCUT2D eigenvalue weighted by Crippen LogP contribution is -2.20. The van der Waals surface area contributed by atoms with Gasteiger partial charge in [0.2, 0.25) is 0 Å². The highest BCUT2D eigenvalue weighted by Gasteiger charge is 2.24. The molecule has 0 bridgehead atoms. The third-order valence-electron chi connectivity index (χ3n) is 4.45. The quantitative estimate of drug-likeness (QED) is 0.670. The van der Waals surface area contributed by atoms with Gasteiger partial charge in [0.05, 0.1) is 6.54 Å². The molecule has 1 aliphatic heterocycles. The Kier molecular flexibility index (Phi) is 5.87. The first-order valence-electron chi connectivity index (χ1n) is 7.57. The van der Waals surface area contributed by atoms with E-state index in [4.69, 9.17) is 0 Å². The maximum Gasteiger partial charge on any atom is 0.169 e. The molecule has 0 unspecified atom stereocenters. The molecule has 2 fully saturated rings. The van der Waals surface area contributed by atoms with Crippen molar-refractivity contribution in [2.24, 2.45) is 16.8 Å². The van der Waals surface area contributed by atoms with Crippen LogP contribution in [0.2, 0.25) is 0 Å². The molecule has 0 aromatic rings. The van der Waals surface area contributed by atoms with Crippen molar-refractivity contribution in [3.8, 4) is 0 Å². The third-order valence-corrected chi connectivity index (χ3v) is 4.45. The lowest BCUT2D eigenvalue weighted by Gasteiger charge is -2.32. The summed E-state index contributed by atoms with van der Waals surface area (Å²) in [6, 6.07) is 0. The minimum atomic E-state index is 0.778. The third kappa shape index (κ3) is 4.69. The predicted octanol–water partition coefficient (Wildman–Crippen LogP) is 4.19. The molecular formula is C15H27NO. The van der Waals surface area contributed by atoms with Gasteiger partial charge in [-0.3, -0.25) is 4.99 Å². The van der Waals surface area contributed by atoms with Gasteiger partial charge in [-0.1, -0.05) is 64.2 Å². The Morgan fingerprint density at radius 3 is 1.59 bits per heavy atom. The van der Waals surface area contributed by atoms with Gasteiger partial charge in [-0.2, -0.15) is 0 Å². The van der Waals surface area contributed by atoms with E-state index in [2.05, 4.69) is 9.73 Å². The first-order chi connectivity index (χ1) is 8.47. The summed E-state index contributed by atoms with van der Waals surface area (Å²) in [6.07, 6.45) is 16.9. The molecule has 2 nitrogen and oxygen atoms in total. The fourth-order valence-corrected chi connectivity index (χ4v) is 3.47. The minimum Gasteiger partial charge on any atom is -0.482 e. The van der Waals surface area contributed by atoms with Gasteiger partial charge in [0.15, 0.2) is 6.40 Å². The van der Waals surface area contributed by atoms with Crippen molar-refractivity contribution in [3.63, 3.8) is 0 Å². The zero-order valence-electron chi connectivity index (χ0n) is 11.1. The first kappa shape index (κ1) is 12.9. The Hall–Kier alpha value is -0.530. The van der Waals surface area contributed by atoms with Gasteiger partial charge in [0.1, 0.15) is 6.61 Å². The Labute approximate surface area is 106 Å². The fraction of sp³-hybridized carbons (Fsp3) is 0.933. The van der Waals surface area contributed by atoms with Crippen molar-refractivity contribution in [3.05, 3.63) is 0 Å². The molecule has 2 aliphatic carbocycles. The summed E-state index contributed by atoms with van der Waals surface area (Å²) in [5, 5.41) is 0. The number of ether oxygens (including phenoxy) is 1. The van der Waals surface area contributed by atoms with E-state index in [1.54, 1.807) is 25.7 Å². The molecule has 3 aliphatic rings. The molecule has 1 heterocycles. The molecule has 0 radical (unpaired) electrons. The van der Waals surface area contributed by atoms with E-state index >= 15 is 0 Å². The number of nitrogens with zero attached hydrogens (tertiary/aromatic N) is 1. The van der Waals surface area contributed by atoms with Crippen LogP contribution in [0.25, 0.3) is 0 Å². The maximum absolute atomic E-state index is 4.65. The summed E-state index contributed by atoms with van der Waals surface area (Å²) in [5.41, 5.74) is 0. The lowest BCUT2D eigenvalue weighted by atomic mass is 9.73. The molecule has 3 rings (SSSR count). The maximum atomic E-state index is 4.65. The van der Waals surface area contributed by atoms with Crippen LogP contribution in [0.4, 0.5) is 0 Å². The zero-order chi connectivity index (χ0) is 11.8. The minimum absolute atomic E-state index is 0.778. The fourth-order valence-electron chi connectivity index (χ4n) is 3.47. The van der Waals surface area contributed by atoms with Crippen molar-refractivity contribution in [2.75, 3.05) is 13.2 Å². The SMILES string of the molecule is C1=NCCO1.C1CCC(C2CCCCC2)CC1. The molecule has 2 saturated carbocycles. The number of rotatable bonds is 1. The van der Waals surface area contributed by atoms with E-state index in [1.807, 2.05) is 0 Å². The molecule has 17 heavy (non-hydrogen) atoms. The zero-order valence-corrected chi connectivity index (χ0v) is 11.1. The Balaban J connectivity index is 0.000000181. The molecule has 98 valence electrons. The van der Waals surface area contributed by atoms with Crippen LogP contribution in [0.1, 0.15) is 64.2 Å². The second-order valence-electron chi connectivity index (χ2n) is 5.68. The highest BCUT2D eigenvalue weighted by molar-refractivity contribution is 5.47. The molecule has 0 spiro atoms. The Morgan fingerprint density at radius 1 is 0.765 bits per heavy atom. The van der Waals surface area contributed by atoms with E-state index in [0.29, 0.717) is 0 Å². The van der Waals surface area contributed by atoms with E-state index in [-0.39, 0.29) is 0 Å². The van der Waals surface area contributed by atoms with Crippen LogP contribution in [0, 0.1) is 11.8 Å². The van der Waals surface area contributed by atoms with Gasteiger partial charge in [0, 0.05) is 0 Å². The summed E-state index contributed by atoms with van der Waals surface area (Å²) >= 11 is 0. The van der Waals surface area contributed by atoms with Crippen molar-refractivity contribution in [1.82, 2.24) is 0 Å². The van der Waals surface area contributed by atoms with E-state index in [0.717, 1.165) is 25.0 Å². The molecule has 0 amide bonds. The van der Waals surface area contributed by atoms with Crippen LogP contribution < -0.4 is 0 Å². The van der Waals surface area contributed by atoms with Gasteiger partial charge >= 0.3 is 0 Å². The smallest absolute Gasteiger partial charge is 0.169 e. The highest BCUT2D eigenvalue weighted by Crippen LogP contribution is 2.37. The normalized spacial score (nSPS) is 26.1. The second kappa shape index (κ2) is 7.73. The number of hydrogen-bond donors (Lipinski definition) is 0. The molecule has 0 atom stereocenters. The largest absolute Gasteiger partial charge is 0.482 e. The molecule has 0 N–H and O–H groups in total. The average Bonchev–Trinajstić information content (AvgIpc) is 3.00. The van der Waals surface area contributed by atoms with Crippen molar-refractivity contribution < 1.29 is 4.74 Å². The standard InChI is InChI=1S/C12H22.C3H5NO/c1-3-7-11(8-4-1)12-9-5-2-6-10-12;1-2-5-3-4-1/h11-12H,1-10H2;3H,1-2H2. The van der Waals surface area contributed by atoms with Crippen molar-refractivity contribution in [1.29, 1.82) is 0 Å². The highest BCUT2D eigenvalue weighted by atomic mass is 16.5. The Bertz CT molecular complexity index is 193. The van der Waals surface area contributed by atoms with Crippen LogP contribution in [0.3, 0.4) is 0 Å². The summed E-state index contributed by atoms with van der Waals surface area (Å²) in [4.78, 5) is 3.74. The van der Waals surface area contributed by atoms with Crippen LogP contribution in [0.5, 0.6) is 0 Å².